The van der Waals surface area contributed by atoms with Gasteiger partial charge in [0.25, 0.3) is 5.56 Å². The molecule has 0 radical (unpaired) electrons. The van der Waals surface area contributed by atoms with Crippen molar-refractivity contribution in [1.29, 1.82) is 5.26 Å². The zero-order chi connectivity index (χ0) is 22.0. The number of pyridine rings is 1. The number of rotatable bonds is 5. The van der Waals surface area contributed by atoms with E-state index >= 15 is 0 Å². The molecular weight excluding hydrogens is 416 g/mol. The average molecular weight is 433 g/mol. The molecule has 0 aliphatic rings. The number of halogens is 1. The maximum absolute atomic E-state index is 13.0. The Balaban J connectivity index is 2.11. The Morgan fingerprint density at radius 2 is 1.81 bits per heavy atom. The number of aromatic nitrogens is 1. The number of methoxy groups -OCH3 is 1. The van der Waals surface area contributed by atoms with Gasteiger partial charge in [-0.15, -0.1) is 0 Å². The number of nitrogens with zero attached hydrogens (tertiary/aromatic N) is 2. The molecule has 0 saturated heterocycles. The molecule has 0 unspecified atom stereocenters. The van der Waals surface area contributed by atoms with Gasteiger partial charge in [-0.25, -0.2) is 4.79 Å². The highest BCUT2D eigenvalue weighted by molar-refractivity contribution is 6.30. The lowest BCUT2D eigenvalue weighted by molar-refractivity contribution is 0.186. The minimum absolute atomic E-state index is 0.0204. The third-order valence-corrected chi connectivity index (χ3v) is 5.23. The Labute approximate surface area is 182 Å². The number of hydrogen-bond donors (Lipinski definition) is 0. The number of benzene rings is 2. The first-order valence-electron chi connectivity index (χ1n) is 9.49. The summed E-state index contributed by atoms with van der Waals surface area (Å²) in [5, 5.41) is 10.8. The van der Waals surface area contributed by atoms with Crippen molar-refractivity contribution in [3.8, 4) is 28.3 Å². The van der Waals surface area contributed by atoms with Crippen LogP contribution in [0.5, 0.6) is 0 Å². The molecular formula is C24H17ClN2O4. The van der Waals surface area contributed by atoms with Gasteiger partial charge in [0.2, 0.25) is 0 Å². The monoisotopic (exact) mass is 432 g/mol. The topological polar surface area (TPSA) is 85.2 Å². The van der Waals surface area contributed by atoms with Crippen molar-refractivity contribution >= 4 is 22.6 Å². The molecule has 0 aliphatic heterocycles. The Morgan fingerprint density at radius 3 is 2.52 bits per heavy atom. The summed E-state index contributed by atoms with van der Waals surface area (Å²) in [5.74, 6) is 0. The Morgan fingerprint density at radius 1 is 1.06 bits per heavy atom. The van der Waals surface area contributed by atoms with Gasteiger partial charge in [-0.2, -0.15) is 5.26 Å². The van der Waals surface area contributed by atoms with E-state index in [0.29, 0.717) is 44.9 Å². The van der Waals surface area contributed by atoms with Gasteiger partial charge >= 0.3 is 5.63 Å². The third kappa shape index (κ3) is 3.89. The quantitative estimate of drug-likeness (QED) is 0.434. The van der Waals surface area contributed by atoms with Crippen molar-refractivity contribution in [2.45, 2.75) is 6.54 Å². The Hall–Kier alpha value is -3.66. The second kappa shape index (κ2) is 8.60. The molecule has 7 heteroatoms. The highest BCUT2D eigenvalue weighted by Crippen LogP contribution is 2.36. The van der Waals surface area contributed by atoms with Gasteiger partial charge < -0.3 is 13.7 Å². The fourth-order valence-electron chi connectivity index (χ4n) is 3.54. The predicted molar refractivity (Wildman–Crippen MR) is 119 cm³/mol. The van der Waals surface area contributed by atoms with Crippen molar-refractivity contribution < 1.29 is 9.15 Å². The maximum Gasteiger partial charge on any atom is 0.344 e. The van der Waals surface area contributed by atoms with E-state index < -0.39 is 11.2 Å². The van der Waals surface area contributed by atoms with Crippen LogP contribution in [-0.4, -0.2) is 18.3 Å². The number of ether oxygens (including phenoxy) is 1. The van der Waals surface area contributed by atoms with E-state index in [1.807, 2.05) is 18.2 Å². The van der Waals surface area contributed by atoms with Gasteiger partial charge in [-0.3, -0.25) is 4.79 Å². The van der Waals surface area contributed by atoms with Crippen LogP contribution in [0, 0.1) is 11.3 Å². The maximum atomic E-state index is 13.0. The number of para-hydroxylation sites is 1. The van der Waals surface area contributed by atoms with Gasteiger partial charge in [0.05, 0.1) is 12.2 Å². The highest BCUT2D eigenvalue weighted by Gasteiger charge is 2.20. The van der Waals surface area contributed by atoms with Crippen molar-refractivity contribution in [3.63, 3.8) is 0 Å². The lowest BCUT2D eigenvalue weighted by Crippen LogP contribution is -2.24. The summed E-state index contributed by atoms with van der Waals surface area (Å²) in [4.78, 5) is 25.6. The summed E-state index contributed by atoms with van der Waals surface area (Å²) < 4.78 is 12.1. The molecule has 0 fully saturated rings. The highest BCUT2D eigenvalue weighted by atomic mass is 35.5. The summed E-state index contributed by atoms with van der Waals surface area (Å²) in [5.41, 5.74) is 1.54. The van der Waals surface area contributed by atoms with Crippen LogP contribution < -0.4 is 11.2 Å². The van der Waals surface area contributed by atoms with E-state index in [2.05, 4.69) is 0 Å². The van der Waals surface area contributed by atoms with E-state index in [1.165, 1.54) is 17.7 Å². The van der Waals surface area contributed by atoms with Crippen LogP contribution in [0.25, 0.3) is 33.2 Å². The standard InChI is InChI=1S/C24H17ClN2O4/c1-30-11-10-27-14-17(12-16(13-26)23(27)28)21-19-4-2-3-5-20(19)31-24(29)22(21)15-6-8-18(25)9-7-15/h2-9,12,14H,10-11H2,1H3. The average Bonchev–Trinajstić information content (AvgIpc) is 2.78. The zero-order valence-corrected chi connectivity index (χ0v) is 17.3. The molecule has 154 valence electrons. The first-order valence-corrected chi connectivity index (χ1v) is 9.87. The van der Waals surface area contributed by atoms with Crippen LogP contribution in [0.3, 0.4) is 0 Å². The normalized spacial score (nSPS) is 10.9. The van der Waals surface area contributed by atoms with Gasteiger partial charge in [0.1, 0.15) is 17.2 Å². The predicted octanol–water partition coefficient (Wildman–Crippen LogP) is 4.46. The zero-order valence-electron chi connectivity index (χ0n) is 16.6. The molecule has 2 aromatic heterocycles. The summed E-state index contributed by atoms with van der Waals surface area (Å²) in [7, 11) is 1.54. The molecule has 0 N–H and O–H groups in total. The number of nitriles is 1. The lowest BCUT2D eigenvalue weighted by Gasteiger charge is -2.14. The molecule has 0 amide bonds. The van der Waals surface area contributed by atoms with Gasteiger partial charge in [0.15, 0.2) is 0 Å². The Bertz CT molecular complexity index is 1430. The molecule has 0 atom stereocenters. The second-order valence-electron chi connectivity index (χ2n) is 6.89. The van der Waals surface area contributed by atoms with E-state index in [-0.39, 0.29) is 12.1 Å². The van der Waals surface area contributed by atoms with Crippen molar-refractivity contribution in [2.24, 2.45) is 0 Å². The van der Waals surface area contributed by atoms with Crippen LogP contribution in [0.4, 0.5) is 0 Å². The van der Waals surface area contributed by atoms with Crippen LogP contribution in [-0.2, 0) is 11.3 Å². The molecule has 31 heavy (non-hydrogen) atoms. The molecule has 4 rings (SSSR count). The Kier molecular flexibility index (Phi) is 5.72. The van der Waals surface area contributed by atoms with Crippen molar-refractivity contribution in [3.05, 3.63) is 92.2 Å². The summed E-state index contributed by atoms with van der Waals surface area (Å²) in [6.07, 6.45) is 1.64. The molecule has 0 spiro atoms. The molecule has 0 aliphatic carbocycles. The van der Waals surface area contributed by atoms with Gasteiger partial charge in [-0.1, -0.05) is 41.9 Å². The van der Waals surface area contributed by atoms with Gasteiger partial charge in [-0.05, 0) is 29.8 Å². The summed E-state index contributed by atoms with van der Waals surface area (Å²) >= 11 is 6.03. The van der Waals surface area contributed by atoms with Crippen LogP contribution in [0.1, 0.15) is 5.56 Å². The van der Waals surface area contributed by atoms with Crippen molar-refractivity contribution in [1.82, 2.24) is 4.57 Å². The first-order chi connectivity index (χ1) is 15.0. The van der Waals surface area contributed by atoms with Crippen LogP contribution in [0.2, 0.25) is 5.02 Å². The van der Waals surface area contributed by atoms with E-state index in [1.54, 1.807) is 42.6 Å². The molecule has 0 bridgehead atoms. The van der Waals surface area contributed by atoms with E-state index in [0.717, 1.165) is 0 Å². The molecule has 4 aromatic rings. The minimum atomic E-state index is -0.524. The molecule has 0 saturated carbocycles. The third-order valence-electron chi connectivity index (χ3n) is 4.98. The summed E-state index contributed by atoms with van der Waals surface area (Å²) in [6.45, 7) is 0.573. The van der Waals surface area contributed by atoms with Crippen molar-refractivity contribution in [2.75, 3.05) is 13.7 Å². The molecule has 2 aromatic carbocycles. The first kappa shape index (κ1) is 20.6. The van der Waals surface area contributed by atoms with E-state index in [4.69, 9.17) is 20.8 Å². The van der Waals surface area contributed by atoms with Crippen LogP contribution in [0.15, 0.2) is 74.8 Å². The molecule has 2 heterocycles. The van der Waals surface area contributed by atoms with Gasteiger partial charge in [0, 0.05) is 41.4 Å². The van der Waals surface area contributed by atoms with E-state index in [9.17, 15) is 14.9 Å². The fraction of sp³-hybridized carbons (Fsp3) is 0.125. The number of hydrogen-bond acceptors (Lipinski definition) is 5. The molecule has 6 nitrogen and oxygen atoms in total. The SMILES string of the molecule is COCCn1cc(-c2c(-c3ccc(Cl)cc3)c(=O)oc3ccccc23)cc(C#N)c1=O. The lowest BCUT2D eigenvalue weighted by atomic mass is 9.93. The van der Waals surface area contributed by atoms with Crippen LogP contribution >= 0.6 is 11.6 Å². The fourth-order valence-corrected chi connectivity index (χ4v) is 3.66. The smallest absolute Gasteiger partial charge is 0.344 e. The largest absolute Gasteiger partial charge is 0.422 e. The number of fused-ring (bicyclic) bond motifs is 1. The minimum Gasteiger partial charge on any atom is -0.422 e. The second-order valence-corrected chi connectivity index (χ2v) is 7.32. The summed E-state index contributed by atoms with van der Waals surface area (Å²) in [6, 6.07) is 17.5.